The van der Waals surface area contributed by atoms with E-state index in [4.69, 9.17) is 14.3 Å². The number of nitrogens with zero attached hydrogens (tertiary/aromatic N) is 1. The Bertz CT molecular complexity index is 1790. The number of aliphatic hydroxyl groups is 1. The molecule has 0 saturated carbocycles. The zero-order valence-corrected chi connectivity index (χ0v) is 27.6. The molecule has 0 bridgehead atoms. The van der Waals surface area contributed by atoms with E-state index in [2.05, 4.69) is 22.5 Å². The fourth-order valence-electron chi connectivity index (χ4n) is 4.94. The van der Waals surface area contributed by atoms with E-state index in [1.54, 1.807) is 14.0 Å². The molecule has 4 aromatic carbocycles. The van der Waals surface area contributed by atoms with E-state index in [-0.39, 0.29) is 24.0 Å². The summed E-state index contributed by atoms with van der Waals surface area (Å²) in [6, 6.07) is 28.6. The van der Waals surface area contributed by atoms with E-state index in [0.29, 0.717) is 33.6 Å². The number of furan rings is 1. The van der Waals surface area contributed by atoms with Gasteiger partial charge in [0.05, 0.1) is 5.56 Å². The largest absolute Gasteiger partial charge is 0.457 e. The van der Waals surface area contributed by atoms with Crippen molar-refractivity contribution >= 4 is 28.5 Å². The molecular weight excluding hydrogens is 578 g/mol. The fraction of sp³-hybridized carbons (Fsp3) is 0.263. The summed E-state index contributed by atoms with van der Waals surface area (Å²) in [6.45, 7) is 10.6. The molecule has 46 heavy (non-hydrogen) atoms. The van der Waals surface area contributed by atoms with E-state index in [1.807, 2.05) is 119 Å². The van der Waals surface area contributed by atoms with Crippen LogP contribution in [-0.2, 0) is 0 Å². The topological polar surface area (TPSA) is 104 Å². The Morgan fingerprint density at radius 2 is 1.50 bits per heavy atom. The van der Waals surface area contributed by atoms with Crippen LogP contribution in [0.25, 0.3) is 33.4 Å². The number of carbonyl (C=O) groups is 2. The van der Waals surface area contributed by atoms with Gasteiger partial charge in [0.2, 0.25) is 0 Å². The number of nitrogens with one attached hydrogen (secondary N) is 2. The van der Waals surface area contributed by atoms with Gasteiger partial charge in [-0.15, -0.1) is 0 Å². The Labute approximate surface area is 271 Å². The molecule has 0 fully saturated rings. The molecule has 5 aromatic rings. The van der Waals surface area contributed by atoms with Crippen molar-refractivity contribution in [2.24, 2.45) is 0 Å². The van der Waals surface area contributed by atoms with Gasteiger partial charge in [0.15, 0.2) is 0 Å². The standard InChI is InChI=1S/C36H37N3O4.C2H6O/c1-7-39(6)30-22-31-29(21-28(30)24-12-11-13-25(20-24)34(40)38-36(2,3)4)32(35(41)37-5)33(43-31)23-16-18-27(19-17-23)42-26-14-9-8-10-15-26;1-2-3/h8-22H,7H2,1-6H3,(H,37,41)(H,38,40);3H,2H2,1H3. The number of anilines is 1. The molecule has 0 spiro atoms. The summed E-state index contributed by atoms with van der Waals surface area (Å²) in [5, 5.41) is 14.1. The van der Waals surface area contributed by atoms with Gasteiger partial charge in [-0.3, -0.25) is 9.59 Å². The van der Waals surface area contributed by atoms with Crippen molar-refractivity contribution in [1.29, 1.82) is 0 Å². The molecule has 1 heterocycles. The van der Waals surface area contributed by atoms with Gasteiger partial charge in [-0.05, 0) is 94.8 Å². The maximum atomic E-state index is 13.3. The second-order valence-electron chi connectivity index (χ2n) is 11.8. The van der Waals surface area contributed by atoms with Crippen molar-refractivity contribution in [1.82, 2.24) is 10.6 Å². The van der Waals surface area contributed by atoms with Crippen LogP contribution < -0.4 is 20.3 Å². The minimum atomic E-state index is -0.360. The van der Waals surface area contributed by atoms with Gasteiger partial charge < -0.3 is 29.8 Å². The summed E-state index contributed by atoms with van der Waals surface area (Å²) < 4.78 is 12.4. The maximum Gasteiger partial charge on any atom is 0.255 e. The number of benzene rings is 4. The van der Waals surface area contributed by atoms with Crippen LogP contribution in [0, 0.1) is 0 Å². The molecule has 8 heteroatoms. The molecule has 0 aliphatic carbocycles. The number of carbonyl (C=O) groups excluding carboxylic acids is 2. The number of fused-ring (bicyclic) bond motifs is 1. The lowest BCUT2D eigenvalue weighted by Gasteiger charge is -2.22. The molecule has 0 saturated heterocycles. The van der Waals surface area contributed by atoms with Crippen LogP contribution >= 0.6 is 0 Å². The van der Waals surface area contributed by atoms with Gasteiger partial charge in [0.25, 0.3) is 11.8 Å². The van der Waals surface area contributed by atoms with Crippen LogP contribution in [0.4, 0.5) is 5.69 Å². The Hall–Kier alpha value is -5.08. The summed E-state index contributed by atoms with van der Waals surface area (Å²) in [5.74, 6) is 1.50. The average molecular weight is 622 g/mol. The fourth-order valence-corrected chi connectivity index (χ4v) is 4.94. The molecule has 1 aromatic heterocycles. The molecule has 5 rings (SSSR count). The lowest BCUT2D eigenvalue weighted by molar-refractivity contribution is 0.0918. The highest BCUT2D eigenvalue weighted by Crippen LogP contribution is 2.41. The Balaban J connectivity index is 0.00000154. The lowest BCUT2D eigenvalue weighted by atomic mass is 9.96. The molecule has 3 N–H and O–H groups in total. The van der Waals surface area contributed by atoms with Crippen LogP contribution in [0.3, 0.4) is 0 Å². The molecule has 0 aliphatic heterocycles. The summed E-state index contributed by atoms with van der Waals surface area (Å²) in [7, 11) is 3.62. The summed E-state index contributed by atoms with van der Waals surface area (Å²) >= 11 is 0. The average Bonchev–Trinajstić information content (AvgIpc) is 3.42. The first-order valence-electron chi connectivity index (χ1n) is 15.4. The van der Waals surface area contributed by atoms with E-state index in [9.17, 15) is 9.59 Å². The summed E-state index contributed by atoms with van der Waals surface area (Å²) in [6.07, 6.45) is 0. The van der Waals surface area contributed by atoms with Crippen molar-refractivity contribution in [2.75, 3.05) is 32.1 Å². The van der Waals surface area contributed by atoms with E-state index < -0.39 is 0 Å². The van der Waals surface area contributed by atoms with Crippen molar-refractivity contribution in [2.45, 2.75) is 40.2 Å². The number of amides is 2. The first-order chi connectivity index (χ1) is 22.0. The van der Waals surface area contributed by atoms with Crippen LogP contribution in [0.5, 0.6) is 11.5 Å². The lowest BCUT2D eigenvalue weighted by Crippen LogP contribution is -2.40. The van der Waals surface area contributed by atoms with E-state index >= 15 is 0 Å². The normalized spacial score (nSPS) is 11.0. The number of hydrogen-bond donors (Lipinski definition) is 3. The Kier molecular flexibility index (Phi) is 10.9. The highest BCUT2D eigenvalue weighted by Gasteiger charge is 2.25. The van der Waals surface area contributed by atoms with Gasteiger partial charge in [0.1, 0.15) is 22.8 Å². The first-order valence-corrected chi connectivity index (χ1v) is 15.4. The van der Waals surface area contributed by atoms with Crippen molar-refractivity contribution in [3.63, 3.8) is 0 Å². The van der Waals surface area contributed by atoms with Crippen LogP contribution in [0.2, 0.25) is 0 Å². The minimum Gasteiger partial charge on any atom is -0.457 e. The van der Waals surface area contributed by atoms with Crippen molar-refractivity contribution in [3.8, 4) is 33.9 Å². The van der Waals surface area contributed by atoms with Crippen LogP contribution in [0.1, 0.15) is 55.3 Å². The second-order valence-corrected chi connectivity index (χ2v) is 11.8. The quantitative estimate of drug-likeness (QED) is 0.163. The monoisotopic (exact) mass is 621 g/mol. The minimum absolute atomic E-state index is 0.142. The molecule has 0 atom stereocenters. The van der Waals surface area contributed by atoms with E-state index in [0.717, 1.165) is 34.7 Å². The highest BCUT2D eigenvalue weighted by atomic mass is 16.5. The molecule has 0 unspecified atom stereocenters. The highest BCUT2D eigenvalue weighted by molar-refractivity contribution is 6.13. The van der Waals surface area contributed by atoms with E-state index in [1.165, 1.54) is 0 Å². The molecule has 240 valence electrons. The number of rotatable bonds is 8. The van der Waals surface area contributed by atoms with Crippen molar-refractivity contribution < 1.29 is 23.8 Å². The third-order valence-corrected chi connectivity index (χ3v) is 7.17. The predicted octanol–water partition coefficient (Wildman–Crippen LogP) is 7.90. The predicted molar refractivity (Wildman–Crippen MR) is 186 cm³/mol. The molecule has 2 amide bonds. The summed E-state index contributed by atoms with van der Waals surface area (Å²) in [4.78, 5) is 28.5. The summed E-state index contributed by atoms with van der Waals surface area (Å²) in [5.41, 5.74) is 4.69. The zero-order chi connectivity index (χ0) is 33.4. The molecule has 0 aliphatic rings. The first kappa shape index (κ1) is 33.8. The number of aliphatic hydroxyl groups excluding tert-OH is 1. The van der Waals surface area contributed by atoms with Crippen LogP contribution in [0.15, 0.2) is 95.4 Å². The molecule has 0 radical (unpaired) electrons. The molecular formula is C38H43N3O5. The third kappa shape index (κ3) is 7.95. The number of para-hydroxylation sites is 1. The SMILES string of the molecule is CCN(C)c1cc2oc(-c3ccc(Oc4ccccc4)cc3)c(C(=O)NC)c2cc1-c1cccc(C(=O)NC(C)(C)C)c1.CCO. The van der Waals surface area contributed by atoms with Gasteiger partial charge >= 0.3 is 0 Å². The van der Waals surface area contributed by atoms with Gasteiger partial charge in [-0.25, -0.2) is 0 Å². The maximum absolute atomic E-state index is 13.3. The number of ether oxygens (including phenoxy) is 1. The van der Waals surface area contributed by atoms with Gasteiger partial charge in [0, 0.05) is 66.6 Å². The van der Waals surface area contributed by atoms with Crippen molar-refractivity contribution in [3.05, 3.63) is 102 Å². The molecule has 8 nitrogen and oxygen atoms in total. The Morgan fingerprint density at radius 3 is 2.11 bits per heavy atom. The second kappa shape index (κ2) is 14.8. The third-order valence-electron chi connectivity index (χ3n) is 7.17. The van der Waals surface area contributed by atoms with Gasteiger partial charge in [-0.1, -0.05) is 30.3 Å². The smallest absolute Gasteiger partial charge is 0.255 e. The van der Waals surface area contributed by atoms with Gasteiger partial charge in [-0.2, -0.15) is 0 Å². The number of hydrogen-bond acceptors (Lipinski definition) is 6. The van der Waals surface area contributed by atoms with Crippen LogP contribution in [-0.4, -0.2) is 49.7 Å². The Morgan fingerprint density at radius 1 is 0.848 bits per heavy atom. The zero-order valence-electron chi connectivity index (χ0n) is 27.6.